The predicted molar refractivity (Wildman–Crippen MR) is 75.5 cm³/mol. The van der Waals surface area contributed by atoms with E-state index in [1.807, 2.05) is 0 Å². The summed E-state index contributed by atoms with van der Waals surface area (Å²) < 4.78 is 9.13. The summed E-state index contributed by atoms with van der Waals surface area (Å²) in [7, 11) is 0. The zero-order valence-electron chi connectivity index (χ0n) is 12.4. The molecule has 1 atom stereocenters. The molecule has 23 heavy (non-hydrogen) atoms. The molecule has 1 rings (SSSR count). The molecule has 1 aromatic carbocycles. The molecule has 8 heteroatoms. The van der Waals surface area contributed by atoms with Gasteiger partial charge < -0.3 is 19.7 Å². The molecule has 1 aromatic rings. The van der Waals surface area contributed by atoms with Crippen molar-refractivity contribution in [3.8, 4) is 0 Å². The standard InChI is InChI=1S/C15H16O8/c1-9(22-13(19)7-16)6-12(18)10-4-2-3-5-11(10)15(21)23-14(20)8-17/h2-5,9,16-17H,6-8H2,1H3. The van der Waals surface area contributed by atoms with Gasteiger partial charge in [0.25, 0.3) is 0 Å². The number of aliphatic hydroxyl groups excluding tert-OH is 2. The van der Waals surface area contributed by atoms with Crippen LogP contribution in [0.5, 0.6) is 0 Å². The van der Waals surface area contributed by atoms with Crippen LogP contribution in [-0.2, 0) is 19.1 Å². The molecule has 0 saturated carbocycles. The first kappa shape index (κ1) is 18.5. The normalized spacial score (nSPS) is 11.4. The number of benzene rings is 1. The average Bonchev–Trinajstić information content (AvgIpc) is 2.54. The SMILES string of the molecule is CC(CC(=O)c1ccccc1C(=O)OC(=O)CO)OC(=O)CO. The molecule has 1 unspecified atom stereocenters. The van der Waals surface area contributed by atoms with Gasteiger partial charge in [-0.2, -0.15) is 0 Å². The summed E-state index contributed by atoms with van der Waals surface area (Å²) in [6.45, 7) is -0.303. The van der Waals surface area contributed by atoms with Gasteiger partial charge >= 0.3 is 17.9 Å². The van der Waals surface area contributed by atoms with Crippen molar-refractivity contribution in [1.29, 1.82) is 0 Å². The van der Waals surface area contributed by atoms with E-state index in [9.17, 15) is 19.2 Å². The maximum absolute atomic E-state index is 12.2. The Bertz CT molecular complexity index is 607. The number of rotatable bonds is 7. The summed E-state index contributed by atoms with van der Waals surface area (Å²) in [5, 5.41) is 17.2. The highest BCUT2D eigenvalue weighted by Crippen LogP contribution is 2.15. The Morgan fingerprint density at radius 2 is 1.57 bits per heavy atom. The summed E-state index contributed by atoms with van der Waals surface area (Å²) in [6.07, 6.45) is -1.02. The molecule has 0 amide bonds. The number of hydrogen-bond donors (Lipinski definition) is 2. The molecule has 0 aliphatic heterocycles. The van der Waals surface area contributed by atoms with Gasteiger partial charge in [0, 0.05) is 12.0 Å². The Labute approximate surface area is 131 Å². The van der Waals surface area contributed by atoms with Crippen molar-refractivity contribution in [2.75, 3.05) is 13.2 Å². The van der Waals surface area contributed by atoms with Crippen molar-refractivity contribution >= 4 is 23.7 Å². The van der Waals surface area contributed by atoms with Crippen molar-refractivity contribution in [1.82, 2.24) is 0 Å². The summed E-state index contributed by atoms with van der Waals surface area (Å²) in [6, 6.07) is 5.65. The van der Waals surface area contributed by atoms with Gasteiger partial charge in [-0.05, 0) is 13.0 Å². The third-order valence-corrected chi connectivity index (χ3v) is 2.72. The van der Waals surface area contributed by atoms with Gasteiger partial charge in [-0.1, -0.05) is 18.2 Å². The maximum atomic E-state index is 12.2. The van der Waals surface area contributed by atoms with Gasteiger partial charge in [-0.3, -0.25) is 4.79 Å². The van der Waals surface area contributed by atoms with Crippen LogP contribution >= 0.6 is 0 Å². The van der Waals surface area contributed by atoms with E-state index in [0.29, 0.717) is 0 Å². The van der Waals surface area contributed by atoms with Crippen molar-refractivity contribution in [3.63, 3.8) is 0 Å². The molecule has 0 radical (unpaired) electrons. The number of esters is 3. The highest BCUT2D eigenvalue weighted by Gasteiger charge is 2.22. The summed E-state index contributed by atoms with van der Waals surface area (Å²) in [5.41, 5.74) is -0.143. The number of ether oxygens (including phenoxy) is 2. The van der Waals surface area contributed by atoms with Crippen LogP contribution in [0.2, 0.25) is 0 Å². The molecule has 0 bridgehead atoms. The summed E-state index contributed by atoms with van der Waals surface area (Å²) in [4.78, 5) is 45.9. The Kier molecular flexibility index (Phi) is 7.04. The smallest absolute Gasteiger partial charge is 0.346 e. The number of ketones is 1. The second-order valence-corrected chi connectivity index (χ2v) is 4.55. The minimum Gasteiger partial charge on any atom is -0.460 e. The Morgan fingerprint density at radius 3 is 2.13 bits per heavy atom. The van der Waals surface area contributed by atoms with Crippen molar-refractivity contribution in [2.45, 2.75) is 19.4 Å². The maximum Gasteiger partial charge on any atom is 0.346 e. The number of aliphatic hydroxyl groups is 2. The van der Waals surface area contributed by atoms with E-state index >= 15 is 0 Å². The van der Waals surface area contributed by atoms with E-state index in [0.717, 1.165) is 0 Å². The number of Topliss-reactive ketones (excluding diaryl/α,β-unsaturated/α-hetero) is 1. The van der Waals surface area contributed by atoms with Crippen LogP contribution in [0.25, 0.3) is 0 Å². The average molecular weight is 324 g/mol. The highest BCUT2D eigenvalue weighted by molar-refractivity contribution is 6.08. The lowest BCUT2D eigenvalue weighted by molar-refractivity contribution is -0.151. The topological polar surface area (TPSA) is 127 Å². The van der Waals surface area contributed by atoms with Gasteiger partial charge in [0.05, 0.1) is 5.56 Å². The monoisotopic (exact) mass is 324 g/mol. The van der Waals surface area contributed by atoms with Crippen LogP contribution in [0.4, 0.5) is 0 Å². The van der Waals surface area contributed by atoms with Gasteiger partial charge in [0.2, 0.25) is 0 Å². The molecule has 2 N–H and O–H groups in total. The summed E-state index contributed by atoms with van der Waals surface area (Å²) in [5.74, 6) is -3.57. The fourth-order valence-electron chi connectivity index (χ4n) is 1.77. The van der Waals surface area contributed by atoms with E-state index in [-0.39, 0.29) is 17.5 Å². The van der Waals surface area contributed by atoms with E-state index in [1.54, 1.807) is 0 Å². The van der Waals surface area contributed by atoms with Gasteiger partial charge in [-0.15, -0.1) is 0 Å². The summed E-state index contributed by atoms with van der Waals surface area (Å²) >= 11 is 0. The molecule has 0 aliphatic rings. The minimum atomic E-state index is -1.14. The van der Waals surface area contributed by atoms with E-state index < -0.39 is 43.0 Å². The number of carbonyl (C=O) groups is 4. The zero-order chi connectivity index (χ0) is 17.4. The quantitative estimate of drug-likeness (QED) is 0.403. The first-order valence-corrected chi connectivity index (χ1v) is 6.67. The lowest BCUT2D eigenvalue weighted by atomic mass is 10.00. The van der Waals surface area contributed by atoms with E-state index in [4.69, 9.17) is 14.9 Å². The third kappa shape index (κ3) is 5.61. The predicted octanol–water partition coefficient (Wildman–Crippen LogP) is -0.141. The molecule has 8 nitrogen and oxygen atoms in total. The first-order chi connectivity index (χ1) is 10.9. The molecule has 0 aliphatic carbocycles. The van der Waals surface area contributed by atoms with Crippen molar-refractivity contribution in [3.05, 3.63) is 35.4 Å². The Balaban J connectivity index is 2.87. The molecule has 0 heterocycles. The van der Waals surface area contributed by atoms with Gasteiger partial charge in [-0.25, -0.2) is 14.4 Å². The van der Waals surface area contributed by atoms with Crippen molar-refractivity contribution < 1.29 is 38.9 Å². The second kappa shape index (κ2) is 8.76. The zero-order valence-corrected chi connectivity index (χ0v) is 12.4. The van der Waals surface area contributed by atoms with Crippen LogP contribution in [0, 0.1) is 0 Å². The lowest BCUT2D eigenvalue weighted by Gasteiger charge is -2.13. The molecule has 0 saturated heterocycles. The molecule has 0 spiro atoms. The molecule has 0 fully saturated rings. The fourth-order valence-corrected chi connectivity index (χ4v) is 1.77. The molecule has 0 aromatic heterocycles. The highest BCUT2D eigenvalue weighted by atomic mass is 16.6. The second-order valence-electron chi connectivity index (χ2n) is 4.55. The Morgan fingerprint density at radius 1 is 1.00 bits per heavy atom. The van der Waals surface area contributed by atoms with Crippen LogP contribution in [0.15, 0.2) is 24.3 Å². The third-order valence-electron chi connectivity index (χ3n) is 2.72. The van der Waals surface area contributed by atoms with Gasteiger partial charge in [0.15, 0.2) is 5.78 Å². The van der Waals surface area contributed by atoms with E-state index in [1.165, 1.54) is 31.2 Å². The van der Waals surface area contributed by atoms with Gasteiger partial charge in [0.1, 0.15) is 19.3 Å². The Hall–Kier alpha value is -2.58. The number of carbonyl (C=O) groups excluding carboxylic acids is 4. The van der Waals surface area contributed by atoms with Crippen LogP contribution in [0.1, 0.15) is 34.1 Å². The van der Waals surface area contributed by atoms with Crippen LogP contribution < -0.4 is 0 Å². The molecular weight excluding hydrogens is 308 g/mol. The lowest BCUT2D eigenvalue weighted by Crippen LogP contribution is -2.22. The van der Waals surface area contributed by atoms with E-state index in [2.05, 4.69) is 4.74 Å². The molecule has 124 valence electrons. The minimum absolute atomic E-state index is 0.00450. The molecular formula is C15H16O8. The number of hydrogen-bond acceptors (Lipinski definition) is 8. The van der Waals surface area contributed by atoms with Crippen LogP contribution in [0.3, 0.4) is 0 Å². The first-order valence-electron chi connectivity index (χ1n) is 6.67. The van der Waals surface area contributed by atoms with Crippen LogP contribution in [-0.4, -0.2) is 53.2 Å². The largest absolute Gasteiger partial charge is 0.460 e. The fraction of sp³-hybridized carbons (Fsp3) is 0.333. The van der Waals surface area contributed by atoms with Crippen molar-refractivity contribution in [2.24, 2.45) is 0 Å².